The van der Waals surface area contributed by atoms with E-state index in [2.05, 4.69) is 40.2 Å². The lowest BCUT2D eigenvalue weighted by molar-refractivity contribution is 0.181. The van der Waals surface area contributed by atoms with E-state index in [4.69, 9.17) is 4.74 Å². The first-order valence-corrected chi connectivity index (χ1v) is 8.26. The topological polar surface area (TPSA) is 56.1 Å². The van der Waals surface area contributed by atoms with Gasteiger partial charge in [-0.25, -0.2) is 4.68 Å². The van der Waals surface area contributed by atoms with Crippen molar-refractivity contribution < 1.29 is 4.74 Å². The van der Waals surface area contributed by atoms with E-state index in [1.807, 2.05) is 0 Å². The summed E-state index contributed by atoms with van der Waals surface area (Å²) in [5, 5.41) is 7.73. The van der Waals surface area contributed by atoms with Crippen molar-refractivity contribution in [3.8, 4) is 0 Å². The Balaban J connectivity index is 2.17. The first-order chi connectivity index (χ1) is 9.95. The molecule has 5 nitrogen and oxygen atoms in total. The zero-order valence-corrected chi connectivity index (χ0v) is 14.6. The molecule has 0 saturated heterocycles. The molecule has 1 unspecified atom stereocenters. The van der Waals surface area contributed by atoms with Gasteiger partial charge >= 0.3 is 0 Å². The molecule has 1 N–H and O–H groups in total. The first-order valence-electron chi connectivity index (χ1n) is 7.47. The van der Waals surface area contributed by atoms with E-state index in [9.17, 15) is 4.79 Å². The molecule has 1 aromatic heterocycles. The average molecular weight is 358 g/mol. The van der Waals surface area contributed by atoms with E-state index in [1.54, 1.807) is 13.3 Å². The summed E-state index contributed by atoms with van der Waals surface area (Å²) in [6.45, 7) is 5.50. The van der Waals surface area contributed by atoms with E-state index in [0.717, 1.165) is 12.1 Å². The Kier molecular flexibility index (Phi) is 5.43. The van der Waals surface area contributed by atoms with Crippen molar-refractivity contribution in [2.45, 2.75) is 52.1 Å². The van der Waals surface area contributed by atoms with Gasteiger partial charge < -0.3 is 10.1 Å². The van der Waals surface area contributed by atoms with Crippen molar-refractivity contribution >= 4 is 21.6 Å². The van der Waals surface area contributed by atoms with E-state index in [1.165, 1.54) is 23.9 Å². The first kappa shape index (κ1) is 16.5. The Bertz CT molecular complexity index is 542. The highest BCUT2D eigenvalue weighted by Gasteiger charge is 2.32. The van der Waals surface area contributed by atoms with Crippen LogP contribution in [-0.2, 0) is 11.3 Å². The minimum atomic E-state index is -0.120. The van der Waals surface area contributed by atoms with Crippen LogP contribution in [0.15, 0.2) is 15.5 Å². The van der Waals surface area contributed by atoms with Crippen molar-refractivity contribution in [1.29, 1.82) is 0 Å². The molecule has 0 bridgehead atoms. The van der Waals surface area contributed by atoms with Crippen LogP contribution in [0.4, 0.5) is 5.69 Å². The molecule has 2 rings (SSSR count). The van der Waals surface area contributed by atoms with Crippen molar-refractivity contribution in [2.24, 2.45) is 5.41 Å². The lowest BCUT2D eigenvalue weighted by Gasteiger charge is -2.39. The van der Waals surface area contributed by atoms with Crippen molar-refractivity contribution in [3.05, 3.63) is 21.0 Å². The number of hydrogen-bond acceptors (Lipinski definition) is 4. The van der Waals surface area contributed by atoms with Gasteiger partial charge in [-0.15, -0.1) is 0 Å². The highest BCUT2D eigenvalue weighted by Crippen LogP contribution is 2.37. The molecule has 1 fully saturated rings. The molecule has 0 aliphatic heterocycles. The fraction of sp³-hybridized carbons (Fsp3) is 0.733. The van der Waals surface area contributed by atoms with Crippen molar-refractivity contribution in [3.63, 3.8) is 0 Å². The Morgan fingerprint density at radius 1 is 1.52 bits per heavy atom. The van der Waals surface area contributed by atoms with E-state index < -0.39 is 0 Å². The van der Waals surface area contributed by atoms with Crippen LogP contribution in [0.2, 0.25) is 0 Å². The van der Waals surface area contributed by atoms with Gasteiger partial charge in [-0.2, -0.15) is 5.10 Å². The molecule has 1 aliphatic carbocycles. The number of nitrogens with zero attached hydrogens (tertiary/aromatic N) is 2. The molecule has 1 saturated carbocycles. The highest BCUT2D eigenvalue weighted by atomic mass is 79.9. The van der Waals surface area contributed by atoms with Crippen molar-refractivity contribution in [1.82, 2.24) is 9.78 Å². The SMILES string of the molecule is COCCn1ncc(NC2CCCCC2(C)C)c(Br)c1=O. The number of hydrogen-bond donors (Lipinski definition) is 1. The zero-order valence-electron chi connectivity index (χ0n) is 13.0. The number of ether oxygens (including phenoxy) is 1. The van der Waals surface area contributed by atoms with Crippen LogP contribution in [0.5, 0.6) is 0 Å². The average Bonchev–Trinajstić information content (AvgIpc) is 2.45. The molecule has 1 heterocycles. The Labute approximate surface area is 134 Å². The molecular formula is C15H24BrN3O2. The van der Waals surface area contributed by atoms with Crippen molar-refractivity contribution in [2.75, 3.05) is 19.0 Å². The molecule has 21 heavy (non-hydrogen) atoms. The maximum atomic E-state index is 12.3. The second-order valence-corrected chi connectivity index (χ2v) is 7.12. The largest absolute Gasteiger partial charge is 0.383 e. The zero-order chi connectivity index (χ0) is 15.5. The lowest BCUT2D eigenvalue weighted by Crippen LogP contribution is -2.39. The van der Waals surface area contributed by atoms with Gasteiger partial charge in [0, 0.05) is 13.2 Å². The van der Waals surface area contributed by atoms with Gasteiger partial charge in [-0.3, -0.25) is 4.79 Å². The quantitative estimate of drug-likeness (QED) is 0.879. The van der Waals surface area contributed by atoms with Crippen LogP contribution in [0.3, 0.4) is 0 Å². The van der Waals surface area contributed by atoms with Crippen LogP contribution in [0.25, 0.3) is 0 Å². The van der Waals surface area contributed by atoms with Gasteiger partial charge in [-0.05, 0) is 34.2 Å². The van der Waals surface area contributed by atoms with Gasteiger partial charge in [0.25, 0.3) is 5.56 Å². The molecule has 118 valence electrons. The summed E-state index contributed by atoms with van der Waals surface area (Å²) >= 11 is 3.41. The molecule has 0 aromatic carbocycles. The second-order valence-electron chi connectivity index (χ2n) is 6.32. The summed E-state index contributed by atoms with van der Waals surface area (Å²) in [6, 6.07) is 0.374. The molecular weight excluding hydrogens is 334 g/mol. The molecule has 1 aliphatic rings. The minimum absolute atomic E-state index is 0.120. The summed E-state index contributed by atoms with van der Waals surface area (Å²) < 4.78 is 6.96. The van der Waals surface area contributed by atoms with Crippen LogP contribution in [0.1, 0.15) is 39.5 Å². The third-order valence-corrected chi connectivity index (χ3v) is 5.10. The summed E-state index contributed by atoms with van der Waals surface area (Å²) in [6.07, 6.45) is 6.58. The number of aromatic nitrogens is 2. The molecule has 1 atom stereocenters. The van der Waals surface area contributed by atoms with Crippen LogP contribution >= 0.6 is 15.9 Å². The summed E-state index contributed by atoms with van der Waals surface area (Å²) in [5.41, 5.74) is 0.905. The third-order valence-electron chi connectivity index (χ3n) is 4.33. The molecule has 0 spiro atoms. The van der Waals surface area contributed by atoms with Crippen LogP contribution < -0.4 is 10.9 Å². The van der Waals surface area contributed by atoms with Gasteiger partial charge in [-0.1, -0.05) is 26.7 Å². The Hall–Kier alpha value is -0.880. The van der Waals surface area contributed by atoms with Gasteiger partial charge in [0.2, 0.25) is 0 Å². The highest BCUT2D eigenvalue weighted by molar-refractivity contribution is 9.10. The predicted molar refractivity (Wildman–Crippen MR) is 87.7 cm³/mol. The fourth-order valence-electron chi connectivity index (χ4n) is 2.85. The maximum absolute atomic E-state index is 12.3. The fourth-order valence-corrected chi connectivity index (χ4v) is 3.27. The monoisotopic (exact) mass is 357 g/mol. The molecule has 0 amide bonds. The minimum Gasteiger partial charge on any atom is -0.383 e. The van der Waals surface area contributed by atoms with Gasteiger partial charge in [0.1, 0.15) is 4.47 Å². The van der Waals surface area contributed by atoms with E-state index in [0.29, 0.717) is 23.7 Å². The number of nitrogens with one attached hydrogen (secondary N) is 1. The van der Waals surface area contributed by atoms with Gasteiger partial charge in [0.15, 0.2) is 0 Å². The number of methoxy groups -OCH3 is 1. The number of rotatable bonds is 5. The Morgan fingerprint density at radius 2 is 2.29 bits per heavy atom. The number of halogens is 1. The second kappa shape index (κ2) is 6.92. The van der Waals surface area contributed by atoms with Crippen LogP contribution in [-0.4, -0.2) is 29.5 Å². The number of anilines is 1. The smallest absolute Gasteiger partial charge is 0.283 e. The molecule has 1 aromatic rings. The standard InChI is InChI=1S/C15H24BrN3O2/c1-15(2)7-5-4-6-12(15)18-11-10-17-19(8-9-21-3)14(20)13(11)16/h10,12,18H,4-9H2,1-3H3. The third kappa shape index (κ3) is 3.86. The van der Waals surface area contributed by atoms with E-state index in [-0.39, 0.29) is 11.0 Å². The van der Waals surface area contributed by atoms with E-state index >= 15 is 0 Å². The molecule has 6 heteroatoms. The summed E-state index contributed by atoms with van der Waals surface area (Å²) in [5.74, 6) is 0. The summed E-state index contributed by atoms with van der Waals surface area (Å²) in [7, 11) is 1.61. The molecule has 0 radical (unpaired) electrons. The normalized spacial score (nSPS) is 21.2. The Morgan fingerprint density at radius 3 is 2.95 bits per heavy atom. The summed E-state index contributed by atoms with van der Waals surface area (Å²) in [4.78, 5) is 12.3. The maximum Gasteiger partial charge on any atom is 0.283 e. The lowest BCUT2D eigenvalue weighted by atomic mass is 9.73. The van der Waals surface area contributed by atoms with Crippen LogP contribution in [0, 0.1) is 5.41 Å². The predicted octanol–water partition coefficient (Wildman–Crippen LogP) is 3.03. The van der Waals surface area contributed by atoms with Gasteiger partial charge in [0.05, 0.1) is 25.0 Å².